The van der Waals surface area contributed by atoms with E-state index >= 15 is 0 Å². The smallest absolute Gasteiger partial charge is 0.330 e. The fourth-order valence-electron chi connectivity index (χ4n) is 3.42. The number of aryl methyl sites for hydroxylation is 2. The fourth-order valence-corrected chi connectivity index (χ4v) is 4.28. The highest BCUT2D eigenvalue weighted by Gasteiger charge is 2.25. The van der Waals surface area contributed by atoms with Gasteiger partial charge in [-0.3, -0.25) is 23.5 Å². The van der Waals surface area contributed by atoms with Gasteiger partial charge < -0.3 is 15.4 Å². The van der Waals surface area contributed by atoms with E-state index in [-0.39, 0.29) is 36.3 Å². The molecule has 178 valence electrons. The summed E-state index contributed by atoms with van der Waals surface area (Å²) in [6, 6.07) is 1.90. The Hall–Kier alpha value is -3.19. The maximum absolute atomic E-state index is 13.2. The van der Waals surface area contributed by atoms with E-state index in [4.69, 9.17) is 10.5 Å². The van der Waals surface area contributed by atoms with Crippen molar-refractivity contribution in [3.05, 3.63) is 38.3 Å². The van der Waals surface area contributed by atoms with Gasteiger partial charge in [-0.1, -0.05) is 25.1 Å². The number of nitrogens with zero attached hydrogens (tertiary/aromatic N) is 6. The molecule has 0 atom stereocenters. The molecule has 0 radical (unpaired) electrons. The number of carbonyl (C=O) groups excluding carboxylic acids is 1. The molecule has 0 unspecified atom stereocenters. The lowest BCUT2D eigenvalue weighted by atomic mass is 10.3. The minimum Gasteiger partial charge on any atom is -0.383 e. The highest BCUT2D eigenvalue weighted by molar-refractivity contribution is 7.99. The number of aromatic nitrogens is 6. The van der Waals surface area contributed by atoms with E-state index in [2.05, 4.69) is 20.2 Å². The molecule has 0 spiro atoms. The second-order valence-electron chi connectivity index (χ2n) is 7.48. The quantitative estimate of drug-likeness (QED) is 0.403. The summed E-state index contributed by atoms with van der Waals surface area (Å²) in [5.41, 5.74) is 6.52. The molecule has 33 heavy (non-hydrogen) atoms. The molecule has 3 heterocycles. The zero-order valence-electron chi connectivity index (χ0n) is 19.1. The maximum atomic E-state index is 13.2. The molecular weight excluding hydrogens is 448 g/mol. The number of amides is 1. The molecule has 3 N–H and O–H groups in total. The van der Waals surface area contributed by atoms with Gasteiger partial charge in [0.05, 0.1) is 12.4 Å². The van der Waals surface area contributed by atoms with E-state index in [0.29, 0.717) is 23.9 Å². The lowest BCUT2D eigenvalue weighted by molar-refractivity contribution is -0.116. The van der Waals surface area contributed by atoms with Crippen molar-refractivity contribution in [3.8, 4) is 0 Å². The number of nitrogen functional groups attached to an aromatic ring is 1. The Bertz CT molecular complexity index is 1270. The molecule has 3 rings (SSSR count). The van der Waals surface area contributed by atoms with Gasteiger partial charge in [-0.25, -0.2) is 9.78 Å². The second kappa shape index (κ2) is 10.6. The summed E-state index contributed by atoms with van der Waals surface area (Å²) in [7, 11) is 1.49. The maximum Gasteiger partial charge on any atom is 0.330 e. The Morgan fingerprint density at radius 2 is 2.06 bits per heavy atom. The van der Waals surface area contributed by atoms with E-state index < -0.39 is 11.2 Å². The van der Waals surface area contributed by atoms with Crippen molar-refractivity contribution >= 4 is 35.0 Å². The van der Waals surface area contributed by atoms with Crippen LogP contribution >= 0.6 is 11.8 Å². The Kier molecular flexibility index (Phi) is 7.87. The van der Waals surface area contributed by atoms with Crippen LogP contribution in [-0.2, 0) is 16.1 Å². The monoisotopic (exact) mass is 476 g/mol. The van der Waals surface area contributed by atoms with Gasteiger partial charge in [0, 0.05) is 31.6 Å². The van der Waals surface area contributed by atoms with Crippen LogP contribution in [0.5, 0.6) is 0 Å². The molecule has 0 bridgehead atoms. The van der Waals surface area contributed by atoms with Gasteiger partial charge in [0.15, 0.2) is 10.8 Å². The molecule has 0 aromatic carbocycles. The molecule has 1 amide bonds. The largest absolute Gasteiger partial charge is 0.383 e. The number of unbranched alkanes of at least 4 members (excludes halogenated alkanes) is 1. The number of carbonyl (C=O) groups is 1. The summed E-state index contributed by atoms with van der Waals surface area (Å²) in [6.07, 6.45) is 1.54. The van der Waals surface area contributed by atoms with Gasteiger partial charge in [-0.2, -0.15) is 0 Å². The van der Waals surface area contributed by atoms with Gasteiger partial charge in [-0.05, 0) is 26.3 Å². The lowest BCUT2D eigenvalue weighted by Gasteiger charge is -2.24. The first kappa shape index (κ1) is 24.5. The summed E-state index contributed by atoms with van der Waals surface area (Å²) in [5.74, 6) is -0.0213. The molecule has 0 aliphatic carbocycles. The Morgan fingerprint density at radius 3 is 2.76 bits per heavy atom. The summed E-state index contributed by atoms with van der Waals surface area (Å²) in [5, 5.41) is 8.71. The first-order valence-corrected chi connectivity index (χ1v) is 11.5. The van der Waals surface area contributed by atoms with E-state index in [1.165, 1.54) is 28.3 Å². The number of ether oxygens (including phenoxy) is 1. The number of fused-ring (bicyclic) bond motifs is 1. The number of methoxy groups -OCH3 is 1. The van der Waals surface area contributed by atoms with Crippen molar-refractivity contribution in [2.24, 2.45) is 0 Å². The van der Waals surface area contributed by atoms with Crippen molar-refractivity contribution < 1.29 is 9.53 Å². The Labute approximate surface area is 194 Å². The van der Waals surface area contributed by atoms with Gasteiger partial charge in [0.2, 0.25) is 5.91 Å². The minimum atomic E-state index is -0.719. The average molecular weight is 477 g/mol. The molecule has 0 saturated carbocycles. The van der Waals surface area contributed by atoms with Crippen molar-refractivity contribution in [3.63, 3.8) is 0 Å². The molecule has 0 saturated heterocycles. The van der Waals surface area contributed by atoms with Crippen LogP contribution in [0.2, 0.25) is 0 Å². The number of rotatable bonds is 10. The van der Waals surface area contributed by atoms with Crippen LogP contribution in [0, 0.1) is 13.8 Å². The molecular formula is C20H28N8O4S. The minimum absolute atomic E-state index is 0.0369. The van der Waals surface area contributed by atoms with E-state index in [1.807, 2.05) is 26.8 Å². The van der Waals surface area contributed by atoms with Crippen LogP contribution in [-0.4, -0.2) is 61.1 Å². The molecule has 12 nitrogen and oxygen atoms in total. The Morgan fingerprint density at radius 1 is 1.30 bits per heavy atom. The number of aromatic amines is 1. The number of nitrogens with one attached hydrogen (secondary N) is 1. The first-order valence-electron chi connectivity index (χ1n) is 10.5. The van der Waals surface area contributed by atoms with Crippen molar-refractivity contribution in [1.29, 1.82) is 0 Å². The van der Waals surface area contributed by atoms with Crippen LogP contribution in [0.1, 0.15) is 31.2 Å². The third-order valence-corrected chi connectivity index (χ3v) is 5.94. The van der Waals surface area contributed by atoms with Crippen LogP contribution in [0.15, 0.2) is 20.8 Å². The van der Waals surface area contributed by atoms with Gasteiger partial charge in [-0.15, -0.1) is 10.2 Å². The van der Waals surface area contributed by atoms with Crippen LogP contribution < -0.4 is 21.9 Å². The van der Waals surface area contributed by atoms with Crippen LogP contribution in [0.25, 0.3) is 5.78 Å². The van der Waals surface area contributed by atoms with E-state index in [9.17, 15) is 14.4 Å². The number of hydrogen-bond donors (Lipinski definition) is 2. The number of H-pyrrole nitrogens is 1. The molecule has 3 aromatic rings. The third-order valence-electron chi connectivity index (χ3n) is 5.03. The van der Waals surface area contributed by atoms with E-state index in [0.717, 1.165) is 17.8 Å². The van der Waals surface area contributed by atoms with Crippen molar-refractivity contribution in [2.45, 2.75) is 45.3 Å². The standard InChI is InChI=1S/C20H28N8O4S/c1-5-6-7-27-16(21)15(17(30)23-19(27)31)26(8-9-32-4)14(29)11-33-20-25-24-18-22-12(2)10-13(3)28(18)20/h10H,5-9,11,21H2,1-4H3,(H,23,30,31). The first-order chi connectivity index (χ1) is 15.8. The topological polar surface area (TPSA) is 153 Å². The number of hydrogen-bond acceptors (Lipinski definition) is 9. The van der Waals surface area contributed by atoms with Crippen molar-refractivity contribution in [2.75, 3.05) is 36.6 Å². The van der Waals surface area contributed by atoms with Crippen LogP contribution in [0.4, 0.5) is 11.5 Å². The van der Waals surface area contributed by atoms with E-state index in [1.54, 1.807) is 4.40 Å². The normalized spacial score (nSPS) is 11.3. The molecule has 0 aliphatic rings. The number of anilines is 2. The zero-order chi connectivity index (χ0) is 24.1. The zero-order valence-corrected chi connectivity index (χ0v) is 19.9. The number of thioether (sulfide) groups is 1. The molecule has 3 aromatic heterocycles. The summed E-state index contributed by atoms with van der Waals surface area (Å²) < 4.78 is 8.16. The third kappa shape index (κ3) is 5.25. The average Bonchev–Trinajstić information content (AvgIpc) is 3.17. The van der Waals surface area contributed by atoms with Gasteiger partial charge >= 0.3 is 5.69 Å². The predicted octanol–water partition coefficient (Wildman–Crippen LogP) is 0.745. The second-order valence-corrected chi connectivity index (χ2v) is 8.42. The summed E-state index contributed by atoms with van der Waals surface area (Å²) in [4.78, 5) is 46.0. The Balaban J connectivity index is 1.92. The predicted molar refractivity (Wildman–Crippen MR) is 126 cm³/mol. The fraction of sp³-hybridized carbons (Fsp3) is 0.500. The highest BCUT2D eigenvalue weighted by Crippen LogP contribution is 2.22. The van der Waals surface area contributed by atoms with Crippen molar-refractivity contribution in [1.82, 2.24) is 29.1 Å². The highest BCUT2D eigenvalue weighted by atomic mass is 32.2. The molecule has 0 fully saturated rings. The number of nitrogens with two attached hydrogens (primary N) is 1. The van der Waals surface area contributed by atoms with Crippen LogP contribution in [0.3, 0.4) is 0 Å². The van der Waals surface area contributed by atoms with Gasteiger partial charge in [0.1, 0.15) is 5.82 Å². The van der Waals surface area contributed by atoms with Gasteiger partial charge in [0.25, 0.3) is 11.3 Å². The molecule has 13 heteroatoms. The SMILES string of the molecule is CCCCn1c(N)c(N(CCOC)C(=O)CSc2nnc3nc(C)cc(C)n23)c(=O)[nH]c1=O. The summed E-state index contributed by atoms with van der Waals surface area (Å²) >= 11 is 1.17. The summed E-state index contributed by atoms with van der Waals surface area (Å²) in [6.45, 7) is 6.36. The molecule has 0 aliphatic heterocycles. The lowest BCUT2D eigenvalue weighted by Crippen LogP contribution is -2.43.